The van der Waals surface area contributed by atoms with Gasteiger partial charge in [-0.05, 0) is 19.8 Å². The Morgan fingerprint density at radius 3 is 2.84 bits per heavy atom. The van der Waals surface area contributed by atoms with Crippen molar-refractivity contribution < 1.29 is 9.90 Å². The summed E-state index contributed by atoms with van der Waals surface area (Å²) in [6, 6.07) is -0.200. The van der Waals surface area contributed by atoms with Crippen molar-refractivity contribution in [2.24, 2.45) is 5.92 Å². The summed E-state index contributed by atoms with van der Waals surface area (Å²) in [4.78, 5) is 13.6. The average molecular weight is 284 g/mol. The first-order valence-electron chi connectivity index (χ1n) is 6.56. The molecule has 2 rings (SSSR count). The number of anilines is 1. The van der Waals surface area contributed by atoms with Gasteiger partial charge < -0.3 is 10.0 Å². The average Bonchev–Trinajstić information content (AvgIpc) is 2.77. The van der Waals surface area contributed by atoms with Crippen molar-refractivity contribution in [1.82, 2.24) is 15.1 Å². The van der Waals surface area contributed by atoms with E-state index >= 15 is 0 Å². The Hall–Kier alpha value is -1.21. The maximum Gasteiger partial charge on any atom is 0.323 e. The highest BCUT2D eigenvalue weighted by molar-refractivity contribution is 7.15. The topological polar surface area (TPSA) is 78.4 Å². The summed E-state index contributed by atoms with van der Waals surface area (Å²) in [6.07, 6.45) is 3.75. The van der Waals surface area contributed by atoms with Gasteiger partial charge in [-0.3, -0.25) is 5.32 Å². The zero-order chi connectivity index (χ0) is 13.8. The molecule has 106 valence electrons. The van der Waals surface area contributed by atoms with Gasteiger partial charge in [0.1, 0.15) is 5.01 Å². The van der Waals surface area contributed by atoms with Crippen LogP contribution in [0, 0.1) is 12.8 Å². The van der Waals surface area contributed by atoms with Gasteiger partial charge in [0, 0.05) is 19.5 Å². The first-order chi connectivity index (χ1) is 9.06. The van der Waals surface area contributed by atoms with Crippen molar-refractivity contribution in [2.75, 3.05) is 18.9 Å². The lowest BCUT2D eigenvalue weighted by Gasteiger charge is -2.31. The van der Waals surface area contributed by atoms with Gasteiger partial charge in [0.2, 0.25) is 5.13 Å². The molecule has 1 aliphatic rings. The smallest absolute Gasteiger partial charge is 0.323 e. The molecule has 1 aliphatic carbocycles. The molecule has 0 aliphatic heterocycles. The van der Waals surface area contributed by atoms with Gasteiger partial charge in [-0.2, -0.15) is 0 Å². The summed E-state index contributed by atoms with van der Waals surface area (Å²) < 4.78 is 0. The fourth-order valence-electron chi connectivity index (χ4n) is 2.37. The molecule has 6 nitrogen and oxygen atoms in total. The maximum atomic E-state index is 12.0. The number of nitrogens with one attached hydrogen (secondary N) is 1. The number of nitrogens with zero attached hydrogens (tertiary/aromatic N) is 3. The number of carbonyl (C=O) groups is 1. The third-order valence-electron chi connectivity index (χ3n) is 3.46. The molecule has 2 atom stereocenters. The minimum Gasteiger partial charge on any atom is -0.393 e. The van der Waals surface area contributed by atoms with E-state index in [9.17, 15) is 9.90 Å². The van der Waals surface area contributed by atoms with Crippen molar-refractivity contribution >= 4 is 22.5 Å². The van der Waals surface area contributed by atoms with E-state index < -0.39 is 0 Å². The van der Waals surface area contributed by atoms with Crippen LogP contribution in [0.4, 0.5) is 9.93 Å². The van der Waals surface area contributed by atoms with Crippen LogP contribution in [0.25, 0.3) is 0 Å². The van der Waals surface area contributed by atoms with Crippen LogP contribution in [0.5, 0.6) is 0 Å². The van der Waals surface area contributed by atoms with E-state index in [2.05, 4.69) is 15.5 Å². The summed E-state index contributed by atoms with van der Waals surface area (Å²) in [5.41, 5.74) is 0. The molecule has 1 aromatic heterocycles. The van der Waals surface area contributed by atoms with E-state index in [0.29, 0.717) is 11.7 Å². The summed E-state index contributed by atoms with van der Waals surface area (Å²) in [6.45, 7) is 2.42. The lowest BCUT2D eigenvalue weighted by molar-refractivity contribution is 0.0575. The van der Waals surface area contributed by atoms with E-state index in [1.807, 2.05) is 6.92 Å². The molecule has 2 amide bonds. The zero-order valence-corrected chi connectivity index (χ0v) is 12.1. The minimum absolute atomic E-state index is 0.181. The fourth-order valence-corrected chi connectivity index (χ4v) is 2.95. The Morgan fingerprint density at radius 1 is 1.47 bits per heavy atom. The minimum atomic E-state index is -0.284. The third kappa shape index (κ3) is 3.87. The van der Waals surface area contributed by atoms with E-state index in [1.165, 1.54) is 11.3 Å². The number of hydrogen-bond acceptors (Lipinski definition) is 5. The largest absolute Gasteiger partial charge is 0.393 e. The molecular weight excluding hydrogens is 264 g/mol. The molecular formula is C12H20N4O2S. The number of aliphatic hydroxyl groups is 1. The summed E-state index contributed by atoms with van der Waals surface area (Å²) in [7, 11) is 1.74. The predicted octanol–water partition coefficient (Wildman–Crippen LogP) is 1.86. The molecule has 1 saturated carbocycles. The normalized spacial score (nSPS) is 23.1. The van der Waals surface area contributed by atoms with Gasteiger partial charge in [0.25, 0.3) is 0 Å². The van der Waals surface area contributed by atoms with Gasteiger partial charge in [-0.1, -0.05) is 24.2 Å². The number of rotatable bonds is 3. The molecule has 0 aromatic carbocycles. The second kappa shape index (κ2) is 6.29. The van der Waals surface area contributed by atoms with Gasteiger partial charge in [0.15, 0.2) is 0 Å². The Balaban J connectivity index is 1.84. The quantitative estimate of drug-likeness (QED) is 0.888. The maximum absolute atomic E-state index is 12.0. The number of hydrogen-bond donors (Lipinski definition) is 2. The van der Waals surface area contributed by atoms with Crippen molar-refractivity contribution in [3.8, 4) is 0 Å². The van der Waals surface area contributed by atoms with Crippen molar-refractivity contribution in [3.63, 3.8) is 0 Å². The summed E-state index contributed by atoms with van der Waals surface area (Å²) >= 11 is 1.35. The fraction of sp³-hybridized carbons (Fsp3) is 0.750. The molecule has 0 saturated heterocycles. The second-order valence-corrected chi connectivity index (χ2v) is 6.23. The highest BCUT2D eigenvalue weighted by atomic mass is 32.1. The monoisotopic (exact) mass is 284 g/mol. The number of aliphatic hydroxyl groups excluding tert-OH is 1. The van der Waals surface area contributed by atoms with Crippen LogP contribution in [-0.4, -0.2) is 45.9 Å². The van der Waals surface area contributed by atoms with Gasteiger partial charge >= 0.3 is 6.03 Å². The van der Waals surface area contributed by atoms with Crippen LogP contribution < -0.4 is 5.32 Å². The van der Waals surface area contributed by atoms with Crippen molar-refractivity contribution in [1.29, 1.82) is 0 Å². The number of urea groups is 1. The standard InChI is InChI=1S/C12H20N4O2S/c1-8-14-15-11(19-8)13-12(18)16(2)7-9-5-3-4-6-10(9)17/h9-10,17H,3-7H2,1-2H3,(H,13,15,18). The first-order valence-corrected chi connectivity index (χ1v) is 7.38. The zero-order valence-electron chi connectivity index (χ0n) is 11.3. The second-order valence-electron chi connectivity index (χ2n) is 5.05. The highest BCUT2D eigenvalue weighted by Gasteiger charge is 2.25. The van der Waals surface area contributed by atoms with E-state index in [1.54, 1.807) is 11.9 Å². The number of aromatic nitrogens is 2. The lowest BCUT2D eigenvalue weighted by Crippen LogP contribution is -2.40. The molecule has 0 radical (unpaired) electrons. The molecule has 1 heterocycles. The summed E-state index contributed by atoms with van der Waals surface area (Å²) in [5.74, 6) is 0.181. The van der Waals surface area contributed by atoms with Crippen LogP contribution in [0.2, 0.25) is 0 Å². The van der Waals surface area contributed by atoms with E-state index in [4.69, 9.17) is 0 Å². The van der Waals surface area contributed by atoms with Crippen LogP contribution in [0.1, 0.15) is 30.7 Å². The van der Waals surface area contributed by atoms with Crippen LogP contribution in [0.3, 0.4) is 0 Å². The van der Waals surface area contributed by atoms with E-state index in [0.717, 1.165) is 30.7 Å². The van der Waals surface area contributed by atoms with Crippen molar-refractivity contribution in [2.45, 2.75) is 38.7 Å². The molecule has 2 unspecified atom stereocenters. The Morgan fingerprint density at radius 2 is 2.21 bits per heavy atom. The van der Waals surface area contributed by atoms with Crippen LogP contribution >= 0.6 is 11.3 Å². The van der Waals surface area contributed by atoms with Crippen molar-refractivity contribution in [3.05, 3.63) is 5.01 Å². The van der Waals surface area contributed by atoms with Gasteiger partial charge in [-0.15, -0.1) is 10.2 Å². The highest BCUT2D eigenvalue weighted by Crippen LogP contribution is 2.25. The van der Waals surface area contributed by atoms with E-state index in [-0.39, 0.29) is 18.1 Å². The molecule has 0 spiro atoms. The Kier molecular flexibility index (Phi) is 4.71. The molecule has 19 heavy (non-hydrogen) atoms. The molecule has 1 fully saturated rings. The Bertz CT molecular complexity index is 437. The number of aryl methyl sites for hydroxylation is 1. The Labute approximate surface area is 116 Å². The molecule has 1 aromatic rings. The number of amides is 2. The summed E-state index contributed by atoms with van der Waals surface area (Å²) in [5, 5.41) is 21.7. The molecule has 2 N–H and O–H groups in total. The number of carbonyl (C=O) groups excluding carboxylic acids is 1. The van der Waals surface area contributed by atoms with Crippen LogP contribution in [0.15, 0.2) is 0 Å². The van der Waals surface area contributed by atoms with Gasteiger partial charge in [-0.25, -0.2) is 4.79 Å². The predicted molar refractivity (Wildman–Crippen MR) is 74.3 cm³/mol. The van der Waals surface area contributed by atoms with Crippen LogP contribution in [-0.2, 0) is 0 Å². The first kappa shape index (κ1) is 14.2. The lowest BCUT2D eigenvalue weighted by atomic mass is 9.86. The molecule has 7 heteroatoms. The third-order valence-corrected chi connectivity index (χ3v) is 4.22. The van der Waals surface area contributed by atoms with Gasteiger partial charge in [0.05, 0.1) is 6.10 Å². The molecule has 0 bridgehead atoms. The SMILES string of the molecule is Cc1nnc(NC(=O)N(C)CC2CCCCC2O)s1.